The van der Waals surface area contributed by atoms with Crippen LogP contribution in [-0.4, -0.2) is 11.5 Å². The van der Waals surface area contributed by atoms with Crippen molar-refractivity contribution >= 4 is 5.82 Å². The van der Waals surface area contributed by atoms with E-state index in [1.54, 1.807) is 0 Å². The predicted molar refractivity (Wildman–Crippen MR) is 79.5 cm³/mol. The van der Waals surface area contributed by atoms with Crippen LogP contribution in [0.3, 0.4) is 0 Å². The van der Waals surface area contributed by atoms with Gasteiger partial charge in [-0.1, -0.05) is 36.4 Å². The van der Waals surface area contributed by atoms with E-state index in [2.05, 4.69) is 46.7 Å². The van der Waals surface area contributed by atoms with Crippen LogP contribution >= 0.6 is 0 Å². The van der Waals surface area contributed by atoms with Gasteiger partial charge in [0.2, 0.25) is 0 Å². The van der Waals surface area contributed by atoms with E-state index in [1.165, 1.54) is 12.0 Å². The van der Waals surface area contributed by atoms with E-state index < -0.39 is 0 Å². The molecule has 0 radical (unpaired) electrons. The lowest BCUT2D eigenvalue weighted by atomic mass is 10.1. The Labute approximate surface area is 119 Å². The van der Waals surface area contributed by atoms with E-state index in [0.717, 1.165) is 17.9 Å². The number of anilines is 1. The molecule has 1 saturated carbocycles. The van der Waals surface area contributed by atoms with E-state index in [4.69, 9.17) is 5.26 Å². The van der Waals surface area contributed by atoms with Crippen molar-refractivity contribution in [3.05, 3.63) is 59.3 Å². The van der Waals surface area contributed by atoms with Crippen LogP contribution in [0.25, 0.3) is 0 Å². The van der Waals surface area contributed by atoms with Crippen molar-refractivity contribution in [3.8, 4) is 6.07 Å². The van der Waals surface area contributed by atoms with E-state index in [0.29, 0.717) is 17.5 Å². The summed E-state index contributed by atoms with van der Waals surface area (Å²) in [4.78, 5) is 4.32. The van der Waals surface area contributed by atoms with Gasteiger partial charge in [0.15, 0.2) is 0 Å². The Balaban J connectivity index is 1.58. The summed E-state index contributed by atoms with van der Waals surface area (Å²) in [6.45, 7) is 2.82. The molecule has 2 aromatic rings. The van der Waals surface area contributed by atoms with Crippen LogP contribution in [0.5, 0.6) is 0 Å². The van der Waals surface area contributed by atoms with Crippen molar-refractivity contribution in [1.82, 2.24) is 4.98 Å². The number of pyridine rings is 1. The van der Waals surface area contributed by atoms with Gasteiger partial charge in [-0.2, -0.15) is 5.26 Å². The summed E-state index contributed by atoms with van der Waals surface area (Å²) in [5.74, 6) is 2.14. The molecule has 0 saturated heterocycles. The second kappa shape index (κ2) is 5.34. The fourth-order valence-electron chi connectivity index (χ4n) is 2.56. The summed E-state index contributed by atoms with van der Waals surface area (Å²) in [6.07, 6.45) is 1.23. The highest BCUT2D eigenvalue weighted by molar-refractivity contribution is 5.43. The van der Waals surface area contributed by atoms with Crippen LogP contribution in [0.15, 0.2) is 42.5 Å². The van der Waals surface area contributed by atoms with Crippen LogP contribution in [0.2, 0.25) is 0 Å². The second-order valence-electron chi connectivity index (χ2n) is 5.37. The van der Waals surface area contributed by atoms with Gasteiger partial charge in [-0.05, 0) is 42.4 Å². The van der Waals surface area contributed by atoms with Crippen molar-refractivity contribution in [3.63, 3.8) is 0 Å². The van der Waals surface area contributed by atoms with Gasteiger partial charge >= 0.3 is 0 Å². The lowest BCUT2D eigenvalue weighted by Gasteiger charge is -2.06. The maximum absolute atomic E-state index is 8.98. The van der Waals surface area contributed by atoms with Gasteiger partial charge < -0.3 is 5.32 Å². The molecule has 1 aliphatic rings. The fourth-order valence-corrected chi connectivity index (χ4v) is 2.56. The molecule has 1 aliphatic carbocycles. The van der Waals surface area contributed by atoms with Gasteiger partial charge in [-0.25, -0.2) is 4.98 Å². The Bertz CT molecular complexity index is 643. The summed E-state index contributed by atoms with van der Waals surface area (Å²) in [7, 11) is 0. The minimum Gasteiger partial charge on any atom is -0.370 e. The molecule has 2 atom stereocenters. The monoisotopic (exact) mass is 263 g/mol. The highest BCUT2D eigenvalue weighted by Gasteiger charge is 2.37. The Morgan fingerprint density at radius 1 is 1.25 bits per heavy atom. The van der Waals surface area contributed by atoms with Crippen LogP contribution < -0.4 is 5.32 Å². The molecule has 2 unspecified atom stereocenters. The number of nitrogens with one attached hydrogen (secondary N) is 1. The number of benzene rings is 1. The normalized spacial score (nSPS) is 20.2. The minimum absolute atomic E-state index is 0.505. The molecule has 1 fully saturated rings. The molecular weight excluding hydrogens is 246 g/mol. The standard InChI is InChI=1S/C17H17N3/c1-12-7-8-17(20-16(12)10-18)19-11-14-9-15(14)13-5-3-2-4-6-13/h2-8,14-15H,9,11H2,1H3,(H,19,20). The summed E-state index contributed by atoms with van der Waals surface area (Å²) >= 11 is 0. The molecule has 0 spiro atoms. The quantitative estimate of drug-likeness (QED) is 0.918. The third-order valence-corrected chi connectivity index (χ3v) is 3.90. The minimum atomic E-state index is 0.505. The summed E-state index contributed by atoms with van der Waals surface area (Å²) < 4.78 is 0. The molecule has 0 amide bonds. The van der Waals surface area contributed by atoms with E-state index in [9.17, 15) is 0 Å². The highest BCUT2D eigenvalue weighted by atomic mass is 15.0. The number of nitrogens with zero attached hydrogens (tertiary/aromatic N) is 2. The van der Waals surface area contributed by atoms with Gasteiger partial charge in [0.25, 0.3) is 0 Å². The first-order chi connectivity index (χ1) is 9.78. The van der Waals surface area contributed by atoms with Gasteiger partial charge in [0.1, 0.15) is 17.6 Å². The average molecular weight is 263 g/mol. The number of hydrogen-bond acceptors (Lipinski definition) is 3. The van der Waals surface area contributed by atoms with Crippen LogP contribution in [0.4, 0.5) is 5.82 Å². The lowest BCUT2D eigenvalue weighted by Crippen LogP contribution is -2.07. The van der Waals surface area contributed by atoms with Crippen LogP contribution in [0, 0.1) is 24.2 Å². The van der Waals surface area contributed by atoms with Gasteiger partial charge in [-0.15, -0.1) is 0 Å². The number of aromatic nitrogens is 1. The van der Waals surface area contributed by atoms with Crippen molar-refractivity contribution in [1.29, 1.82) is 5.26 Å². The van der Waals surface area contributed by atoms with Gasteiger partial charge in [0.05, 0.1) is 0 Å². The first-order valence-corrected chi connectivity index (χ1v) is 6.94. The smallest absolute Gasteiger partial charge is 0.145 e. The first-order valence-electron chi connectivity index (χ1n) is 6.94. The highest BCUT2D eigenvalue weighted by Crippen LogP contribution is 2.47. The zero-order valence-corrected chi connectivity index (χ0v) is 11.5. The van der Waals surface area contributed by atoms with E-state index in [-0.39, 0.29) is 0 Å². The Morgan fingerprint density at radius 2 is 2.05 bits per heavy atom. The third-order valence-electron chi connectivity index (χ3n) is 3.90. The first kappa shape index (κ1) is 12.7. The zero-order chi connectivity index (χ0) is 13.9. The summed E-state index contributed by atoms with van der Waals surface area (Å²) in [6, 6.07) is 16.6. The lowest BCUT2D eigenvalue weighted by molar-refractivity contribution is 0.839. The van der Waals surface area contributed by atoms with Crippen molar-refractivity contribution in [2.45, 2.75) is 19.3 Å². The molecule has 1 N–H and O–H groups in total. The summed E-state index contributed by atoms with van der Waals surface area (Å²) in [5.41, 5.74) is 2.85. The SMILES string of the molecule is Cc1ccc(NCC2CC2c2ccccc2)nc1C#N. The zero-order valence-electron chi connectivity index (χ0n) is 11.5. The van der Waals surface area contributed by atoms with E-state index >= 15 is 0 Å². The molecule has 20 heavy (non-hydrogen) atoms. The Kier molecular flexibility index (Phi) is 3.39. The molecule has 100 valence electrons. The molecule has 0 bridgehead atoms. The number of nitriles is 1. The van der Waals surface area contributed by atoms with Crippen LogP contribution in [0.1, 0.15) is 29.2 Å². The third kappa shape index (κ3) is 2.65. The molecule has 3 nitrogen and oxygen atoms in total. The predicted octanol–water partition coefficient (Wildman–Crippen LogP) is 3.48. The molecule has 3 rings (SSSR count). The molecule has 3 heteroatoms. The fraction of sp³-hybridized carbons (Fsp3) is 0.294. The maximum atomic E-state index is 8.98. The topological polar surface area (TPSA) is 48.7 Å². The number of hydrogen-bond donors (Lipinski definition) is 1. The van der Waals surface area contributed by atoms with E-state index in [1.807, 2.05) is 19.1 Å². The van der Waals surface area contributed by atoms with Crippen LogP contribution in [-0.2, 0) is 0 Å². The Morgan fingerprint density at radius 3 is 2.80 bits per heavy atom. The number of aryl methyl sites for hydroxylation is 1. The Hall–Kier alpha value is -2.34. The molecule has 0 aliphatic heterocycles. The van der Waals surface area contributed by atoms with Gasteiger partial charge in [-0.3, -0.25) is 0 Å². The molecule has 1 heterocycles. The second-order valence-corrected chi connectivity index (χ2v) is 5.37. The average Bonchev–Trinajstić information content (AvgIpc) is 3.27. The van der Waals surface area contributed by atoms with Crippen molar-refractivity contribution < 1.29 is 0 Å². The van der Waals surface area contributed by atoms with Crippen molar-refractivity contribution in [2.24, 2.45) is 5.92 Å². The van der Waals surface area contributed by atoms with Crippen molar-refractivity contribution in [2.75, 3.05) is 11.9 Å². The maximum Gasteiger partial charge on any atom is 0.145 e. The summed E-state index contributed by atoms with van der Waals surface area (Å²) in [5, 5.41) is 12.3. The molecular formula is C17H17N3. The largest absolute Gasteiger partial charge is 0.370 e. The van der Waals surface area contributed by atoms with Gasteiger partial charge in [0, 0.05) is 6.54 Å². The number of rotatable bonds is 4. The molecule has 1 aromatic carbocycles. The molecule has 1 aromatic heterocycles.